The summed E-state index contributed by atoms with van der Waals surface area (Å²) in [6.07, 6.45) is 2.01. The number of hydrogen-bond donors (Lipinski definition) is 3. The molecule has 17 heteroatoms. The molecule has 2 fully saturated rings. The fraction of sp³-hybridized carbons (Fsp3) is 0.529. The summed E-state index contributed by atoms with van der Waals surface area (Å²) in [5, 5.41) is 0. The van der Waals surface area contributed by atoms with Crippen molar-refractivity contribution in [1.82, 2.24) is 19.1 Å². The van der Waals surface area contributed by atoms with E-state index < -0.39 is 32.4 Å². The molecule has 4 rings (SSSR count). The fourth-order valence-corrected chi connectivity index (χ4v) is 4.77. The summed E-state index contributed by atoms with van der Waals surface area (Å²) >= 11 is 0. The lowest BCUT2D eigenvalue weighted by molar-refractivity contribution is -0.00859. The van der Waals surface area contributed by atoms with Crippen molar-refractivity contribution in [2.45, 2.75) is 25.3 Å². The van der Waals surface area contributed by atoms with Crippen molar-refractivity contribution >= 4 is 26.6 Å². The molecule has 2 aromatic heterocycles. The Hall–Kier alpha value is -2.38. The maximum absolute atomic E-state index is 11.5. The Morgan fingerprint density at radius 1 is 0.941 bits per heavy atom. The van der Waals surface area contributed by atoms with Crippen LogP contribution in [0.3, 0.4) is 0 Å². The minimum atomic E-state index is -3.59. The summed E-state index contributed by atoms with van der Waals surface area (Å²) in [6, 6.07) is 3.03. The highest BCUT2D eigenvalue weighted by Gasteiger charge is 2.30. The van der Waals surface area contributed by atoms with Crippen LogP contribution >= 0.6 is 15.0 Å². The van der Waals surface area contributed by atoms with E-state index in [4.69, 9.17) is 34.9 Å². The number of nitrogen functional groups attached to an aromatic ring is 2. The van der Waals surface area contributed by atoms with Crippen LogP contribution in [0.5, 0.6) is 0 Å². The zero-order valence-corrected chi connectivity index (χ0v) is 20.0. The predicted molar refractivity (Wildman–Crippen MR) is 121 cm³/mol. The van der Waals surface area contributed by atoms with Crippen molar-refractivity contribution in [1.29, 1.82) is 0 Å². The van der Waals surface area contributed by atoms with Crippen LogP contribution in [0.2, 0.25) is 0 Å². The summed E-state index contributed by atoms with van der Waals surface area (Å²) < 4.78 is 45.7. The first-order valence-corrected chi connectivity index (χ1v) is 14.0. The van der Waals surface area contributed by atoms with E-state index in [-0.39, 0.29) is 50.2 Å². The molecule has 0 radical (unpaired) electrons. The molecule has 0 aromatic carbocycles. The van der Waals surface area contributed by atoms with Gasteiger partial charge in [-0.2, -0.15) is 9.97 Å². The largest absolute Gasteiger partial charge is 0.383 e. The molecule has 15 nitrogen and oxygen atoms in total. The lowest BCUT2D eigenvalue weighted by Crippen LogP contribution is -2.34. The molecule has 2 unspecified atom stereocenters. The van der Waals surface area contributed by atoms with E-state index >= 15 is 0 Å². The number of ether oxygens (including phenoxy) is 2. The molecule has 2 saturated heterocycles. The van der Waals surface area contributed by atoms with E-state index in [1.54, 1.807) is 6.20 Å². The molecule has 4 atom stereocenters. The van der Waals surface area contributed by atoms with E-state index in [1.165, 1.54) is 34.1 Å². The molecular formula is C17H26N6O9P2. The fourth-order valence-electron chi connectivity index (χ4n) is 2.86. The van der Waals surface area contributed by atoms with Gasteiger partial charge in [0.05, 0.1) is 26.3 Å². The van der Waals surface area contributed by atoms with Crippen molar-refractivity contribution < 1.29 is 32.5 Å². The Morgan fingerprint density at radius 3 is 1.79 bits per heavy atom. The second-order valence-corrected chi connectivity index (χ2v) is 12.0. The molecule has 2 aromatic rings. The average molecular weight is 520 g/mol. The number of aromatic nitrogens is 4. The molecular weight excluding hydrogens is 494 g/mol. The van der Waals surface area contributed by atoms with Gasteiger partial charge in [-0.3, -0.25) is 18.3 Å². The Morgan fingerprint density at radius 2 is 1.41 bits per heavy atom. The number of rotatable bonds is 4. The SMILES string of the molecule is CP1(=O)CO[C@@H](Cn2ccc(N)nc2=O)CO1.Nc1ccn(C[C@H]2COP(=O)(O)CO2)c(=O)n1. The third-order valence-electron chi connectivity index (χ3n) is 4.61. The molecule has 2 aliphatic rings. The van der Waals surface area contributed by atoms with Gasteiger partial charge >= 0.3 is 19.0 Å². The van der Waals surface area contributed by atoms with Gasteiger partial charge in [0.15, 0.2) is 0 Å². The smallest absolute Gasteiger partial charge is 0.353 e. The predicted octanol–water partition coefficient (Wildman–Crippen LogP) is -0.510. The van der Waals surface area contributed by atoms with Gasteiger partial charge in [0.2, 0.25) is 7.37 Å². The molecule has 0 amide bonds. The minimum Gasteiger partial charge on any atom is -0.383 e. The summed E-state index contributed by atoms with van der Waals surface area (Å²) in [7, 11) is -6.19. The van der Waals surface area contributed by atoms with E-state index in [0.29, 0.717) is 6.54 Å². The van der Waals surface area contributed by atoms with Gasteiger partial charge < -0.3 is 34.9 Å². The van der Waals surface area contributed by atoms with Gasteiger partial charge in [-0.1, -0.05) is 0 Å². The zero-order valence-electron chi connectivity index (χ0n) is 18.3. The second-order valence-electron chi connectivity index (χ2n) is 7.65. The van der Waals surface area contributed by atoms with Crippen molar-refractivity contribution in [3.63, 3.8) is 0 Å². The molecule has 5 N–H and O–H groups in total. The van der Waals surface area contributed by atoms with Gasteiger partial charge in [0.25, 0.3) is 0 Å². The molecule has 188 valence electrons. The molecule has 0 spiro atoms. The Balaban J connectivity index is 0.000000191. The van der Waals surface area contributed by atoms with Crippen molar-refractivity contribution in [3.8, 4) is 0 Å². The van der Waals surface area contributed by atoms with Crippen LogP contribution in [0.15, 0.2) is 34.1 Å². The molecule has 0 saturated carbocycles. The summed E-state index contributed by atoms with van der Waals surface area (Å²) in [4.78, 5) is 39.1. The summed E-state index contributed by atoms with van der Waals surface area (Å²) in [5.41, 5.74) is 9.80. The lowest BCUT2D eigenvalue weighted by atomic mass is 10.3. The van der Waals surface area contributed by atoms with Crippen molar-refractivity contribution in [2.75, 3.05) is 44.0 Å². The third-order valence-corrected chi connectivity index (χ3v) is 6.95. The second kappa shape index (κ2) is 10.9. The molecule has 0 aliphatic carbocycles. The van der Waals surface area contributed by atoms with Crippen LogP contribution in [-0.4, -0.2) is 68.8 Å². The first-order chi connectivity index (χ1) is 15.9. The highest BCUT2D eigenvalue weighted by Crippen LogP contribution is 2.46. The van der Waals surface area contributed by atoms with Crippen LogP contribution in [-0.2, 0) is 40.7 Å². The average Bonchev–Trinajstić information content (AvgIpc) is 2.75. The van der Waals surface area contributed by atoms with E-state index in [2.05, 4.69) is 9.97 Å². The van der Waals surface area contributed by atoms with Gasteiger partial charge in [-0.25, -0.2) is 9.59 Å². The molecule has 2 aliphatic heterocycles. The number of nitrogens with two attached hydrogens (primary N) is 2. The van der Waals surface area contributed by atoms with Gasteiger partial charge in [0.1, 0.15) is 36.5 Å². The highest BCUT2D eigenvalue weighted by atomic mass is 31.2. The third kappa shape index (κ3) is 7.84. The Labute approximate surface area is 193 Å². The van der Waals surface area contributed by atoms with Crippen LogP contribution < -0.4 is 22.8 Å². The number of hydrogen-bond acceptors (Lipinski definition) is 12. The normalized spacial score (nSPS) is 29.1. The minimum absolute atomic E-state index is 0.0371. The number of nitrogens with zero attached hydrogens (tertiary/aromatic N) is 4. The Bertz CT molecular complexity index is 1100. The lowest BCUT2D eigenvalue weighted by Gasteiger charge is -2.27. The van der Waals surface area contributed by atoms with Crippen molar-refractivity contribution in [3.05, 3.63) is 45.5 Å². The first kappa shape index (κ1) is 26.2. The monoisotopic (exact) mass is 520 g/mol. The number of anilines is 2. The van der Waals surface area contributed by atoms with Gasteiger partial charge in [-0.15, -0.1) is 0 Å². The van der Waals surface area contributed by atoms with Gasteiger partial charge in [-0.05, 0) is 12.1 Å². The van der Waals surface area contributed by atoms with Gasteiger partial charge in [0, 0.05) is 19.1 Å². The van der Waals surface area contributed by atoms with Crippen LogP contribution in [0, 0.1) is 0 Å². The first-order valence-electron chi connectivity index (χ1n) is 9.99. The standard InChI is InChI=1S/C9H14N3O4P.C8H12N3O5P/c1-17(14)6-15-7(5-16-17)4-12-3-2-8(10)11-9(12)13;9-7-1-2-11(8(12)10-7)3-6-4-16-17(13,14)5-15-6/h2-3,7H,4-6H2,1H3,(H2,10,11,13);1-2,6H,3-5H2,(H,13,14)(H2,9,10,12)/t7-,17?;6-/m00/s1. The summed E-state index contributed by atoms with van der Waals surface area (Å²) in [6.45, 7) is 2.22. The maximum atomic E-state index is 11.5. The molecule has 0 bridgehead atoms. The van der Waals surface area contributed by atoms with Crippen LogP contribution in [0.1, 0.15) is 0 Å². The Kier molecular flexibility index (Phi) is 8.42. The quantitative estimate of drug-likeness (QED) is 0.434. The molecule has 34 heavy (non-hydrogen) atoms. The van der Waals surface area contributed by atoms with Crippen molar-refractivity contribution in [2.24, 2.45) is 0 Å². The van der Waals surface area contributed by atoms with E-state index in [1.807, 2.05) is 0 Å². The zero-order chi connectivity index (χ0) is 24.9. The topological polar surface area (TPSA) is 213 Å². The maximum Gasteiger partial charge on any atom is 0.353 e. The summed E-state index contributed by atoms with van der Waals surface area (Å²) in [5.74, 6) is 0.331. The van der Waals surface area contributed by atoms with Crippen LogP contribution in [0.4, 0.5) is 11.6 Å². The highest BCUT2D eigenvalue weighted by molar-refractivity contribution is 7.58. The van der Waals surface area contributed by atoms with E-state index in [0.717, 1.165) is 0 Å². The van der Waals surface area contributed by atoms with E-state index in [9.17, 15) is 18.7 Å². The molecule has 4 heterocycles. The van der Waals surface area contributed by atoms with Crippen LogP contribution in [0.25, 0.3) is 0 Å².